The van der Waals surface area contributed by atoms with Gasteiger partial charge in [-0.3, -0.25) is 0 Å². The summed E-state index contributed by atoms with van der Waals surface area (Å²) in [6.07, 6.45) is 4.08. The molecule has 0 spiro atoms. The molecule has 15 heavy (non-hydrogen) atoms. The highest BCUT2D eigenvalue weighted by molar-refractivity contribution is 4.95. The van der Waals surface area contributed by atoms with Crippen molar-refractivity contribution in [2.24, 2.45) is 11.3 Å². The zero-order valence-corrected chi connectivity index (χ0v) is 10.9. The fourth-order valence-electron chi connectivity index (χ4n) is 2.67. The molecule has 1 rings (SSSR count). The molecule has 2 nitrogen and oxygen atoms in total. The third-order valence-corrected chi connectivity index (χ3v) is 4.01. The van der Waals surface area contributed by atoms with E-state index in [2.05, 4.69) is 25.7 Å². The summed E-state index contributed by atoms with van der Waals surface area (Å²) in [4.78, 5) is 2.54. The highest BCUT2D eigenvalue weighted by atomic mass is 16.5. The van der Waals surface area contributed by atoms with Crippen molar-refractivity contribution >= 4 is 0 Å². The second kappa shape index (κ2) is 5.86. The average molecular weight is 213 g/mol. The van der Waals surface area contributed by atoms with Gasteiger partial charge in [0.25, 0.3) is 0 Å². The smallest absolute Gasteiger partial charge is 0.0533 e. The molecule has 0 radical (unpaired) electrons. The van der Waals surface area contributed by atoms with Crippen molar-refractivity contribution in [2.75, 3.05) is 33.4 Å². The minimum atomic E-state index is 0.431. The molecule has 2 heteroatoms. The van der Waals surface area contributed by atoms with E-state index in [4.69, 9.17) is 4.74 Å². The van der Waals surface area contributed by atoms with Gasteiger partial charge in [0.15, 0.2) is 0 Å². The van der Waals surface area contributed by atoms with Gasteiger partial charge in [-0.25, -0.2) is 0 Å². The Morgan fingerprint density at radius 3 is 2.13 bits per heavy atom. The first-order chi connectivity index (χ1) is 7.22. The second-order valence-corrected chi connectivity index (χ2v) is 4.88. The summed E-state index contributed by atoms with van der Waals surface area (Å²) in [5.74, 6) is 0.919. The van der Waals surface area contributed by atoms with Crippen LogP contribution in [0.3, 0.4) is 0 Å². The van der Waals surface area contributed by atoms with E-state index in [1.54, 1.807) is 0 Å². The molecule has 0 amide bonds. The van der Waals surface area contributed by atoms with Gasteiger partial charge in [-0.05, 0) is 38.3 Å². The van der Waals surface area contributed by atoms with Crippen LogP contribution in [0, 0.1) is 11.3 Å². The Kier molecular flexibility index (Phi) is 5.07. The van der Waals surface area contributed by atoms with Gasteiger partial charge in [-0.1, -0.05) is 20.8 Å². The molecule has 0 aromatic heterocycles. The van der Waals surface area contributed by atoms with Crippen molar-refractivity contribution in [3.63, 3.8) is 0 Å². The summed E-state index contributed by atoms with van der Waals surface area (Å²) >= 11 is 0. The topological polar surface area (TPSA) is 12.5 Å². The van der Waals surface area contributed by atoms with Gasteiger partial charge in [0.1, 0.15) is 0 Å². The van der Waals surface area contributed by atoms with Crippen LogP contribution in [0.4, 0.5) is 0 Å². The quantitative estimate of drug-likeness (QED) is 0.615. The molecule has 0 N–H and O–H groups in total. The summed E-state index contributed by atoms with van der Waals surface area (Å²) in [5.41, 5.74) is 0.431. The largest absolute Gasteiger partial charge is 0.384 e. The van der Waals surface area contributed by atoms with Crippen molar-refractivity contribution in [1.82, 2.24) is 4.90 Å². The SMILES string of the molecule is CCN(CC)CC(CC)(COC)C1CC1. The monoisotopic (exact) mass is 213 g/mol. The van der Waals surface area contributed by atoms with Crippen molar-refractivity contribution in [3.8, 4) is 0 Å². The van der Waals surface area contributed by atoms with Crippen LogP contribution in [0.1, 0.15) is 40.0 Å². The van der Waals surface area contributed by atoms with Crippen LogP contribution in [0.2, 0.25) is 0 Å². The number of ether oxygens (including phenoxy) is 1. The molecule has 0 aromatic carbocycles. The van der Waals surface area contributed by atoms with E-state index in [0.29, 0.717) is 5.41 Å². The zero-order valence-electron chi connectivity index (χ0n) is 10.9. The Hall–Kier alpha value is -0.0800. The van der Waals surface area contributed by atoms with E-state index in [1.165, 1.54) is 25.8 Å². The standard InChI is InChI=1S/C13H27NO/c1-5-13(11-15-4,12-8-9-12)10-14(6-2)7-3/h12H,5-11H2,1-4H3. The minimum absolute atomic E-state index is 0.431. The summed E-state index contributed by atoms with van der Waals surface area (Å²) < 4.78 is 5.46. The third-order valence-electron chi connectivity index (χ3n) is 4.01. The predicted octanol–water partition coefficient (Wildman–Crippen LogP) is 2.78. The fraction of sp³-hybridized carbons (Fsp3) is 1.00. The summed E-state index contributed by atoms with van der Waals surface area (Å²) in [6, 6.07) is 0. The first-order valence-corrected chi connectivity index (χ1v) is 6.43. The fourth-order valence-corrected chi connectivity index (χ4v) is 2.67. The van der Waals surface area contributed by atoms with Crippen LogP contribution in [-0.4, -0.2) is 38.3 Å². The molecule has 1 aliphatic carbocycles. The summed E-state index contributed by atoms with van der Waals surface area (Å²) in [7, 11) is 1.84. The van der Waals surface area contributed by atoms with E-state index in [1.807, 2.05) is 7.11 Å². The maximum atomic E-state index is 5.46. The highest BCUT2D eigenvalue weighted by Crippen LogP contribution is 2.48. The Morgan fingerprint density at radius 1 is 1.20 bits per heavy atom. The van der Waals surface area contributed by atoms with Crippen molar-refractivity contribution < 1.29 is 4.74 Å². The van der Waals surface area contributed by atoms with Crippen LogP contribution >= 0.6 is 0 Å². The third kappa shape index (κ3) is 3.18. The Morgan fingerprint density at radius 2 is 1.80 bits per heavy atom. The molecule has 90 valence electrons. The second-order valence-electron chi connectivity index (χ2n) is 4.88. The van der Waals surface area contributed by atoms with Crippen molar-refractivity contribution in [1.29, 1.82) is 0 Å². The Balaban J connectivity index is 2.60. The Labute approximate surface area is 95.0 Å². The lowest BCUT2D eigenvalue weighted by Gasteiger charge is -2.37. The lowest BCUT2D eigenvalue weighted by molar-refractivity contribution is 0.0277. The number of rotatable bonds is 8. The molecule has 0 heterocycles. The molecule has 1 aliphatic rings. The van der Waals surface area contributed by atoms with E-state index >= 15 is 0 Å². The first-order valence-electron chi connectivity index (χ1n) is 6.43. The van der Waals surface area contributed by atoms with E-state index in [-0.39, 0.29) is 0 Å². The first kappa shape index (κ1) is 13.0. The van der Waals surface area contributed by atoms with Crippen LogP contribution < -0.4 is 0 Å². The summed E-state index contributed by atoms with van der Waals surface area (Å²) in [6.45, 7) is 11.3. The van der Waals surface area contributed by atoms with Gasteiger partial charge in [0.2, 0.25) is 0 Å². The van der Waals surface area contributed by atoms with Gasteiger partial charge < -0.3 is 9.64 Å². The number of hydrogen-bond donors (Lipinski definition) is 0. The van der Waals surface area contributed by atoms with Gasteiger partial charge in [-0.2, -0.15) is 0 Å². The van der Waals surface area contributed by atoms with Gasteiger partial charge in [-0.15, -0.1) is 0 Å². The maximum Gasteiger partial charge on any atom is 0.0533 e. The molecule has 1 atom stereocenters. The normalized spacial score (nSPS) is 20.6. The number of nitrogens with zero attached hydrogens (tertiary/aromatic N) is 1. The lowest BCUT2D eigenvalue weighted by atomic mass is 9.80. The number of hydrogen-bond acceptors (Lipinski definition) is 2. The summed E-state index contributed by atoms with van der Waals surface area (Å²) in [5, 5.41) is 0. The average Bonchev–Trinajstić information content (AvgIpc) is 3.08. The number of methoxy groups -OCH3 is 1. The molecule has 0 aromatic rings. The molecule has 1 saturated carbocycles. The maximum absolute atomic E-state index is 5.46. The molecule has 0 aliphatic heterocycles. The van der Waals surface area contributed by atoms with E-state index < -0.39 is 0 Å². The molecule has 1 fully saturated rings. The van der Waals surface area contributed by atoms with E-state index in [9.17, 15) is 0 Å². The van der Waals surface area contributed by atoms with Crippen molar-refractivity contribution in [3.05, 3.63) is 0 Å². The van der Waals surface area contributed by atoms with Crippen molar-refractivity contribution in [2.45, 2.75) is 40.0 Å². The van der Waals surface area contributed by atoms with Crippen LogP contribution in [0.25, 0.3) is 0 Å². The molecule has 0 bridgehead atoms. The van der Waals surface area contributed by atoms with Crippen LogP contribution in [-0.2, 0) is 4.74 Å². The Bertz CT molecular complexity index is 175. The molecule has 1 unspecified atom stereocenters. The molecular weight excluding hydrogens is 186 g/mol. The van der Waals surface area contributed by atoms with Crippen LogP contribution in [0.5, 0.6) is 0 Å². The van der Waals surface area contributed by atoms with Gasteiger partial charge in [0, 0.05) is 19.1 Å². The van der Waals surface area contributed by atoms with Gasteiger partial charge in [0.05, 0.1) is 6.61 Å². The predicted molar refractivity (Wildman–Crippen MR) is 65.1 cm³/mol. The van der Waals surface area contributed by atoms with E-state index in [0.717, 1.165) is 25.6 Å². The molecular formula is C13H27NO. The molecule has 0 saturated heterocycles. The lowest BCUT2D eigenvalue weighted by Crippen LogP contribution is -2.42. The minimum Gasteiger partial charge on any atom is -0.384 e. The van der Waals surface area contributed by atoms with Crippen LogP contribution in [0.15, 0.2) is 0 Å². The zero-order chi connectivity index (χ0) is 11.3. The van der Waals surface area contributed by atoms with Gasteiger partial charge >= 0.3 is 0 Å². The highest BCUT2D eigenvalue weighted by Gasteiger charge is 2.44.